The Kier molecular flexibility index (Phi) is 5.50. The Bertz CT molecular complexity index is 1020. The van der Waals surface area contributed by atoms with Crippen LogP contribution in [0, 0.1) is 0 Å². The van der Waals surface area contributed by atoms with Crippen LogP contribution in [0.25, 0.3) is 21.9 Å². The molecule has 0 amide bonds. The zero-order valence-electron chi connectivity index (χ0n) is 17.3. The summed E-state index contributed by atoms with van der Waals surface area (Å²) in [6.45, 7) is 2.88. The Hall–Kier alpha value is -2.72. The summed E-state index contributed by atoms with van der Waals surface area (Å²) in [4.78, 5) is 17.5. The second kappa shape index (κ2) is 8.57. The van der Waals surface area contributed by atoms with Crippen molar-refractivity contribution < 1.29 is 9.53 Å². The number of fused-ring (bicyclic) bond motifs is 1. The van der Waals surface area contributed by atoms with Crippen LogP contribution in [0.15, 0.2) is 54.7 Å². The predicted octanol–water partition coefficient (Wildman–Crippen LogP) is 5.21. The van der Waals surface area contributed by atoms with E-state index in [9.17, 15) is 4.79 Å². The molecule has 4 nitrogen and oxygen atoms in total. The molecular formula is C26H28N2O2. The molecule has 30 heavy (non-hydrogen) atoms. The summed E-state index contributed by atoms with van der Waals surface area (Å²) in [7, 11) is 0. The number of aromatic nitrogens is 1. The summed E-state index contributed by atoms with van der Waals surface area (Å²) >= 11 is 0. The molecular weight excluding hydrogens is 372 g/mol. The molecule has 3 aromatic rings. The van der Waals surface area contributed by atoms with Gasteiger partial charge in [-0.1, -0.05) is 24.3 Å². The van der Waals surface area contributed by atoms with Crippen molar-refractivity contribution in [2.45, 2.75) is 44.1 Å². The summed E-state index contributed by atoms with van der Waals surface area (Å²) in [6.07, 6.45) is 8.41. The zero-order chi connectivity index (χ0) is 20.3. The fraction of sp³-hybridized carbons (Fsp3) is 0.385. The van der Waals surface area contributed by atoms with Gasteiger partial charge in [0.1, 0.15) is 18.1 Å². The van der Waals surface area contributed by atoms with Crippen LogP contribution >= 0.6 is 0 Å². The van der Waals surface area contributed by atoms with E-state index in [1.807, 2.05) is 6.20 Å². The van der Waals surface area contributed by atoms with Crippen molar-refractivity contribution in [3.05, 3.63) is 60.4 Å². The maximum Gasteiger partial charge on any atom is 0.121 e. The van der Waals surface area contributed by atoms with Crippen LogP contribution in [0.1, 0.15) is 43.7 Å². The second-order valence-electron chi connectivity index (χ2n) is 8.54. The van der Waals surface area contributed by atoms with Crippen molar-refractivity contribution in [2.75, 3.05) is 19.6 Å². The Labute approximate surface area is 177 Å². The zero-order valence-corrected chi connectivity index (χ0v) is 17.3. The average molecular weight is 401 g/mol. The second-order valence-corrected chi connectivity index (χ2v) is 8.54. The Morgan fingerprint density at radius 3 is 2.47 bits per heavy atom. The summed E-state index contributed by atoms with van der Waals surface area (Å²) in [5.74, 6) is 1.60. The van der Waals surface area contributed by atoms with Gasteiger partial charge in [-0.25, -0.2) is 0 Å². The van der Waals surface area contributed by atoms with Gasteiger partial charge in [-0.3, -0.25) is 4.98 Å². The van der Waals surface area contributed by atoms with Crippen molar-refractivity contribution in [1.29, 1.82) is 0 Å². The van der Waals surface area contributed by atoms with E-state index in [2.05, 4.69) is 58.4 Å². The van der Waals surface area contributed by atoms with Gasteiger partial charge in [-0.2, -0.15) is 0 Å². The summed E-state index contributed by atoms with van der Waals surface area (Å²) in [5.41, 5.74) is 3.70. The fourth-order valence-electron chi connectivity index (χ4n) is 4.47. The molecule has 0 radical (unpaired) electrons. The number of aldehydes is 1. The molecule has 2 aliphatic rings. The lowest BCUT2D eigenvalue weighted by molar-refractivity contribution is -0.108. The van der Waals surface area contributed by atoms with E-state index in [1.165, 1.54) is 40.4 Å². The average Bonchev–Trinajstić information content (AvgIpc) is 3.64. The van der Waals surface area contributed by atoms with Crippen LogP contribution in [0.5, 0.6) is 5.75 Å². The molecule has 1 aromatic heterocycles. The summed E-state index contributed by atoms with van der Waals surface area (Å²) < 4.78 is 6.21. The smallest absolute Gasteiger partial charge is 0.121 e. The molecule has 154 valence electrons. The Morgan fingerprint density at radius 1 is 0.967 bits per heavy atom. The molecule has 2 aromatic carbocycles. The van der Waals surface area contributed by atoms with E-state index in [1.54, 1.807) is 0 Å². The van der Waals surface area contributed by atoms with E-state index in [0.29, 0.717) is 12.3 Å². The van der Waals surface area contributed by atoms with E-state index in [-0.39, 0.29) is 6.10 Å². The van der Waals surface area contributed by atoms with Gasteiger partial charge in [-0.15, -0.1) is 0 Å². The third-order valence-electron chi connectivity index (χ3n) is 6.35. The van der Waals surface area contributed by atoms with Gasteiger partial charge in [0.2, 0.25) is 0 Å². The van der Waals surface area contributed by atoms with Crippen molar-refractivity contribution in [2.24, 2.45) is 0 Å². The highest BCUT2D eigenvalue weighted by Gasteiger charge is 2.26. The number of pyridine rings is 1. The fourth-order valence-corrected chi connectivity index (χ4v) is 4.47. The molecule has 2 heterocycles. The SMILES string of the molecule is O=CCCN1CCC(Oc2ccc(-c3ccc4c(C5CC5)nccc4c3)cc2)CC1. The molecule has 0 N–H and O–H groups in total. The molecule has 0 spiro atoms. The third kappa shape index (κ3) is 4.24. The Balaban J connectivity index is 1.25. The third-order valence-corrected chi connectivity index (χ3v) is 6.35. The maximum atomic E-state index is 10.5. The standard InChI is InChI=1S/C26H28N2O2/c29-17-1-14-28-15-11-24(12-16-28)30-23-7-4-19(5-8-23)21-6-9-25-22(18-21)10-13-27-26(25)20-2-3-20/h4-10,13,17-18,20,24H,1-3,11-12,14-16H2. The number of carbonyl (C=O) groups is 1. The maximum absolute atomic E-state index is 10.5. The molecule has 2 fully saturated rings. The number of ether oxygens (including phenoxy) is 1. The number of benzene rings is 2. The van der Waals surface area contributed by atoms with E-state index >= 15 is 0 Å². The number of nitrogens with zero attached hydrogens (tertiary/aromatic N) is 2. The van der Waals surface area contributed by atoms with E-state index in [0.717, 1.165) is 44.5 Å². The van der Waals surface area contributed by atoms with Crippen molar-refractivity contribution in [1.82, 2.24) is 9.88 Å². The number of carbonyl (C=O) groups excluding carboxylic acids is 1. The molecule has 4 heteroatoms. The highest BCUT2D eigenvalue weighted by atomic mass is 16.5. The summed E-state index contributed by atoms with van der Waals surface area (Å²) in [5, 5.41) is 2.56. The van der Waals surface area contributed by atoms with E-state index in [4.69, 9.17) is 4.74 Å². The first kappa shape index (κ1) is 19.3. The minimum Gasteiger partial charge on any atom is -0.490 e. The minimum atomic E-state index is 0.261. The largest absolute Gasteiger partial charge is 0.490 e. The van der Waals surface area contributed by atoms with E-state index < -0.39 is 0 Å². The normalized spacial score (nSPS) is 17.9. The topological polar surface area (TPSA) is 42.4 Å². The first-order valence-corrected chi connectivity index (χ1v) is 11.1. The van der Waals surface area contributed by atoms with Gasteiger partial charge in [0.05, 0.1) is 5.69 Å². The lowest BCUT2D eigenvalue weighted by Gasteiger charge is -2.31. The molecule has 0 unspecified atom stereocenters. The highest BCUT2D eigenvalue weighted by Crippen LogP contribution is 2.42. The van der Waals surface area contributed by atoms with Crippen LogP contribution in [0.3, 0.4) is 0 Å². The van der Waals surface area contributed by atoms with Crippen molar-refractivity contribution in [3.63, 3.8) is 0 Å². The molecule has 0 bridgehead atoms. The van der Waals surface area contributed by atoms with Gasteiger partial charge in [0, 0.05) is 43.6 Å². The Morgan fingerprint density at radius 2 is 1.73 bits per heavy atom. The van der Waals surface area contributed by atoms with Gasteiger partial charge in [0.25, 0.3) is 0 Å². The van der Waals surface area contributed by atoms with Crippen molar-refractivity contribution in [3.8, 4) is 16.9 Å². The van der Waals surface area contributed by atoms with Crippen LogP contribution in [-0.4, -0.2) is 41.9 Å². The first-order valence-electron chi connectivity index (χ1n) is 11.1. The number of hydrogen-bond acceptors (Lipinski definition) is 4. The highest BCUT2D eigenvalue weighted by molar-refractivity contribution is 5.89. The van der Waals surface area contributed by atoms with Gasteiger partial charge in [0.15, 0.2) is 0 Å². The van der Waals surface area contributed by atoms with Crippen LogP contribution in [0.2, 0.25) is 0 Å². The van der Waals surface area contributed by atoms with Gasteiger partial charge >= 0.3 is 0 Å². The molecule has 1 saturated carbocycles. The number of likely N-dealkylation sites (tertiary alicyclic amines) is 1. The predicted molar refractivity (Wildman–Crippen MR) is 120 cm³/mol. The number of rotatable bonds is 7. The monoisotopic (exact) mass is 400 g/mol. The number of hydrogen-bond donors (Lipinski definition) is 0. The molecule has 5 rings (SSSR count). The molecule has 0 atom stereocenters. The van der Waals surface area contributed by atoms with Crippen LogP contribution < -0.4 is 4.74 Å². The van der Waals surface area contributed by atoms with Crippen LogP contribution in [-0.2, 0) is 4.79 Å². The summed E-state index contributed by atoms with van der Waals surface area (Å²) in [6, 6.07) is 17.3. The van der Waals surface area contributed by atoms with Gasteiger partial charge in [-0.05, 0) is 66.5 Å². The first-order chi connectivity index (χ1) is 14.8. The van der Waals surface area contributed by atoms with Crippen LogP contribution in [0.4, 0.5) is 0 Å². The van der Waals surface area contributed by atoms with Gasteiger partial charge < -0.3 is 14.4 Å². The number of piperidine rings is 1. The lowest BCUT2D eigenvalue weighted by Crippen LogP contribution is -2.38. The minimum absolute atomic E-state index is 0.261. The van der Waals surface area contributed by atoms with Crippen molar-refractivity contribution >= 4 is 17.1 Å². The lowest BCUT2D eigenvalue weighted by atomic mass is 10.00. The molecule has 1 aliphatic carbocycles. The molecule has 1 aliphatic heterocycles. The quantitative estimate of drug-likeness (QED) is 0.511. The molecule has 1 saturated heterocycles.